The average Bonchev–Trinajstić information content (AvgIpc) is 2.76. The van der Waals surface area contributed by atoms with Crippen LogP contribution < -0.4 is 20.7 Å². The number of amides is 2. The molecule has 2 amide bonds. The van der Waals surface area contributed by atoms with E-state index in [1.54, 1.807) is 36.4 Å². The summed E-state index contributed by atoms with van der Waals surface area (Å²) in [4.78, 5) is 24.5. The van der Waals surface area contributed by atoms with Crippen LogP contribution in [0.4, 0.5) is 11.4 Å². The molecule has 2 rings (SSSR count). The molecule has 0 aliphatic heterocycles. The number of rotatable bonds is 11. The molecule has 172 valence electrons. The molecule has 0 fully saturated rings. The van der Waals surface area contributed by atoms with Crippen molar-refractivity contribution >= 4 is 56.4 Å². The van der Waals surface area contributed by atoms with E-state index in [0.717, 1.165) is 30.2 Å². The number of carbonyl (C=O) groups is 2. The fraction of sp³-hybridized carbons (Fsp3) is 0.375. The second-order valence-electron chi connectivity index (χ2n) is 7.33. The Bertz CT molecular complexity index is 919. The van der Waals surface area contributed by atoms with E-state index in [1.807, 2.05) is 13.0 Å². The summed E-state index contributed by atoms with van der Waals surface area (Å²) >= 11 is 8.70. The van der Waals surface area contributed by atoms with Crippen LogP contribution in [0.3, 0.4) is 0 Å². The van der Waals surface area contributed by atoms with Gasteiger partial charge in [-0.25, -0.2) is 0 Å². The van der Waals surface area contributed by atoms with Gasteiger partial charge in [0.2, 0.25) is 5.91 Å². The number of halogens is 1. The number of ether oxygens (including phenoxy) is 1. The van der Waals surface area contributed by atoms with Gasteiger partial charge in [-0.1, -0.05) is 49.0 Å². The Morgan fingerprint density at radius 2 is 1.62 bits per heavy atom. The highest BCUT2D eigenvalue weighted by molar-refractivity contribution is 9.10. The van der Waals surface area contributed by atoms with Crippen LogP contribution in [-0.2, 0) is 4.79 Å². The maximum Gasteiger partial charge on any atom is 0.261 e. The maximum absolute atomic E-state index is 12.8. The molecule has 0 heterocycles. The molecule has 2 aromatic rings. The van der Waals surface area contributed by atoms with E-state index in [9.17, 15) is 9.59 Å². The van der Waals surface area contributed by atoms with Gasteiger partial charge in [0.15, 0.2) is 5.11 Å². The summed E-state index contributed by atoms with van der Waals surface area (Å²) in [6.07, 6.45) is 5.65. The second-order valence-corrected chi connectivity index (χ2v) is 8.66. The van der Waals surface area contributed by atoms with E-state index >= 15 is 0 Å². The van der Waals surface area contributed by atoms with Crippen LogP contribution in [0.2, 0.25) is 0 Å². The van der Waals surface area contributed by atoms with Crippen LogP contribution in [0.15, 0.2) is 46.9 Å². The van der Waals surface area contributed by atoms with Gasteiger partial charge in [-0.3, -0.25) is 14.9 Å². The zero-order valence-electron chi connectivity index (χ0n) is 18.5. The molecule has 6 nitrogen and oxygen atoms in total. The fourth-order valence-corrected chi connectivity index (χ4v) is 3.51. The third-order valence-electron chi connectivity index (χ3n) is 4.57. The van der Waals surface area contributed by atoms with Crippen molar-refractivity contribution in [2.45, 2.75) is 52.4 Å². The predicted molar refractivity (Wildman–Crippen MR) is 137 cm³/mol. The summed E-state index contributed by atoms with van der Waals surface area (Å²) in [5.41, 5.74) is 1.82. The normalized spacial score (nSPS) is 10.3. The fourth-order valence-electron chi connectivity index (χ4n) is 2.94. The number of benzene rings is 2. The molecule has 0 atom stereocenters. The summed E-state index contributed by atoms with van der Waals surface area (Å²) in [5.74, 6) is 0.154. The lowest BCUT2D eigenvalue weighted by atomic mass is 10.2. The molecule has 8 heteroatoms. The van der Waals surface area contributed by atoms with Crippen molar-refractivity contribution in [3.8, 4) is 5.75 Å². The number of carbonyl (C=O) groups excluding carboxylic acids is 2. The topological polar surface area (TPSA) is 79.5 Å². The third kappa shape index (κ3) is 8.96. The largest absolute Gasteiger partial charge is 0.493 e. The lowest BCUT2D eigenvalue weighted by Gasteiger charge is -2.14. The van der Waals surface area contributed by atoms with E-state index in [0.29, 0.717) is 35.7 Å². The van der Waals surface area contributed by atoms with Crippen LogP contribution in [-0.4, -0.2) is 23.5 Å². The molecule has 2 aromatic carbocycles. The molecule has 0 aliphatic rings. The first-order valence-electron chi connectivity index (χ1n) is 10.9. The first kappa shape index (κ1) is 25.8. The van der Waals surface area contributed by atoms with E-state index in [-0.39, 0.29) is 16.9 Å². The summed E-state index contributed by atoms with van der Waals surface area (Å²) in [6.45, 7) is 4.68. The number of anilines is 2. The highest BCUT2D eigenvalue weighted by Crippen LogP contribution is 2.24. The minimum absolute atomic E-state index is 0.0200. The van der Waals surface area contributed by atoms with E-state index in [2.05, 4.69) is 38.8 Å². The molecule has 32 heavy (non-hydrogen) atoms. The lowest BCUT2D eigenvalue weighted by Crippen LogP contribution is -2.34. The van der Waals surface area contributed by atoms with Crippen molar-refractivity contribution in [2.75, 3.05) is 17.2 Å². The van der Waals surface area contributed by atoms with Crippen molar-refractivity contribution in [3.05, 3.63) is 52.5 Å². The molecule has 0 aromatic heterocycles. The van der Waals surface area contributed by atoms with Gasteiger partial charge in [0.05, 0.1) is 12.2 Å². The van der Waals surface area contributed by atoms with Crippen LogP contribution in [0.25, 0.3) is 0 Å². The van der Waals surface area contributed by atoms with Crippen LogP contribution in [0.5, 0.6) is 5.75 Å². The van der Waals surface area contributed by atoms with Gasteiger partial charge in [-0.2, -0.15) is 0 Å². The third-order valence-corrected chi connectivity index (χ3v) is 5.27. The monoisotopic (exact) mass is 519 g/mol. The number of unbranched alkanes of at least 4 members (excludes halogenated alkanes) is 3. The molecular weight excluding hydrogens is 490 g/mol. The van der Waals surface area contributed by atoms with Crippen LogP contribution in [0.1, 0.15) is 62.7 Å². The first-order valence-corrected chi connectivity index (χ1v) is 12.1. The molecule has 0 saturated heterocycles. The summed E-state index contributed by atoms with van der Waals surface area (Å²) in [7, 11) is 0. The molecule has 0 bridgehead atoms. The Balaban J connectivity index is 1.93. The molecule has 0 unspecified atom stereocenters. The first-order chi connectivity index (χ1) is 15.4. The Hall–Kier alpha value is -2.45. The van der Waals surface area contributed by atoms with Crippen molar-refractivity contribution in [1.82, 2.24) is 5.32 Å². The van der Waals surface area contributed by atoms with Crippen molar-refractivity contribution < 1.29 is 14.3 Å². The highest BCUT2D eigenvalue weighted by atomic mass is 79.9. The van der Waals surface area contributed by atoms with Crippen LogP contribution >= 0.6 is 28.1 Å². The Kier molecular flexibility index (Phi) is 11.2. The van der Waals surface area contributed by atoms with Gasteiger partial charge < -0.3 is 15.4 Å². The number of thiocarbonyl (C=S) groups is 1. The van der Waals surface area contributed by atoms with Gasteiger partial charge in [0, 0.05) is 22.3 Å². The number of hydrogen-bond acceptors (Lipinski definition) is 4. The standard InChI is InChI=1S/C24H30BrN3O3S/c1-3-5-6-7-15-31-21-14-9-17(25)16-20(21)23(30)28-24(32)27-19-12-10-18(11-13-19)26-22(29)8-4-2/h9-14,16H,3-8,15H2,1-2H3,(H,26,29)(H2,27,28,30,32). The number of hydrogen-bond donors (Lipinski definition) is 3. The van der Waals surface area contributed by atoms with Crippen molar-refractivity contribution in [2.24, 2.45) is 0 Å². The Morgan fingerprint density at radius 3 is 2.28 bits per heavy atom. The SMILES string of the molecule is CCCCCCOc1ccc(Br)cc1C(=O)NC(=S)Nc1ccc(NC(=O)CCC)cc1. The van der Waals surface area contributed by atoms with E-state index in [1.165, 1.54) is 6.42 Å². The second kappa shape index (κ2) is 13.9. The highest BCUT2D eigenvalue weighted by Gasteiger charge is 2.15. The van der Waals surface area contributed by atoms with E-state index in [4.69, 9.17) is 17.0 Å². The van der Waals surface area contributed by atoms with Crippen molar-refractivity contribution in [3.63, 3.8) is 0 Å². The molecule has 0 spiro atoms. The lowest BCUT2D eigenvalue weighted by molar-refractivity contribution is -0.116. The van der Waals surface area contributed by atoms with Gasteiger partial charge in [-0.05, 0) is 67.5 Å². The smallest absolute Gasteiger partial charge is 0.261 e. The predicted octanol–water partition coefficient (Wildman–Crippen LogP) is 6.27. The molecule has 0 radical (unpaired) electrons. The summed E-state index contributed by atoms with van der Waals surface area (Å²) < 4.78 is 6.62. The molecular formula is C24H30BrN3O3S. The van der Waals surface area contributed by atoms with Crippen LogP contribution in [0, 0.1) is 0 Å². The summed E-state index contributed by atoms with van der Waals surface area (Å²) in [5, 5.41) is 8.68. The Labute approximate surface area is 203 Å². The quantitative estimate of drug-likeness (QED) is 0.240. The van der Waals surface area contributed by atoms with Gasteiger partial charge in [-0.15, -0.1) is 0 Å². The molecule has 0 saturated carbocycles. The average molecular weight is 520 g/mol. The zero-order valence-corrected chi connectivity index (χ0v) is 20.9. The van der Waals surface area contributed by atoms with Crippen molar-refractivity contribution in [1.29, 1.82) is 0 Å². The van der Waals surface area contributed by atoms with E-state index < -0.39 is 0 Å². The molecule has 0 aliphatic carbocycles. The van der Waals surface area contributed by atoms with Gasteiger partial charge in [0.25, 0.3) is 5.91 Å². The maximum atomic E-state index is 12.8. The minimum atomic E-state index is -0.351. The zero-order chi connectivity index (χ0) is 23.3. The minimum Gasteiger partial charge on any atom is -0.493 e. The Morgan fingerprint density at radius 1 is 0.938 bits per heavy atom. The molecule has 3 N–H and O–H groups in total. The van der Waals surface area contributed by atoms with Gasteiger partial charge in [0.1, 0.15) is 5.75 Å². The van der Waals surface area contributed by atoms with Gasteiger partial charge >= 0.3 is 0 Å². The summed E-state index contributed by atoms with van der Waals surface area (Å²) in [6, 6.07) is 12.5. The number of nitrogens with one attached hydrogen (secondary N) is 3.